The maximum atomic E-state index is 5.85. The Kier molecular flexibility index (Phi) is 4.96. The van der Waals surface area contributed by atoms with Crippen molar-refractivity contribution in [3.8, 4) is 0 Å². The Hall–Kier alpha value is -0.910. The number of nitrogens with zero attached hydrogens (tertiary/aromatic N) is 2. The van der Waals surface area contributed by atoms with Gasteiger partial charge in [0.1, 0.15) is 5.82 Å². The van der Waals surface area contributed by atoms with Crippen LogP contribution in [-0.4, -0.2) is 9.97 Å². The summed E-state index contributed by atoms with van der Waals surface area (Å²) in [5.74, 6) is 1.61. The normalized spacial score (nSPS) is 12.4. The molecule has 0 spiro atoms. The van der Waals surface area contributed by atoms with E-state index in [0.717, 1.165) is 27.3 Å². The van der Waals surface area contributed by atoms with E-state index in [0.29, 0.717) is 0 Å². The van der Waals surface area contributed by atoms with E-state index in [4.69, 9.17) is 5.73 Å². The van der Waals surface area contributed by atoms with E-state index in [-0.39, 0.29) is 6.04 Å². The summed E-state index contributed by atoms with van der Waals surface area (Å²) >= 11 is 5.15. The van der Waals surface area contributed by atoms with Crippen LogP contribution >= 0.6 is 27.7 Å². The van der Waals surface area contributed by atoms with Crippen molar-refractivity contribution in [3.05, 3.63) is 52.0 Å². The molecule has 2 aromatic rings. The van der Waals surface area contributed by atoms with Gasteiger partial charge in [-0.15, -0.1) is 11.8 Å². The van der Waals surface area contributed by atoms with Crippen LogP contribution in [0.1, 0.15) is 30.0 Å². The maximum Gasteiger partial charge on any atom is 0.138 e. The van der Waals surface area contributed by atoms with Gasteiger partial charge in [0.05, 0.1) is 5.75 Å². The fraction of sp³-hybridized carbons (Fsp3) is 0.286. The summed E-state index contributed by atoms with van der Waals surface area (Å²) in [5.41, 5.74) is 7.83. The molecule has 2 N–H and O–H groups in total. The second kappa shape index (κ2) is 6.50. The Morgan fingerprint density at radius 2 is 2.00 bits per heavy atom. The smallest absolute Gasteiger partial charge is 0.138 e. The lowest BCUT2D eigenvalue weighted by molar-refractivity contribution is 0.781. The second-order valence-corrected chi connectivity index (χ2v) is 6.32. The van der Waals surface area contributed by atoms with E-state index < -0.39 is 0 Å². The third kappa shape index (κ3) is 4.03. The summed E-state index contributed by atoms with van der Waals surface area (Å²) in [7, 11) is 0. The van der Waals surface area contributed by atoms with Gasteiger partial charge < -0.3 is 5.73 Å². The molecule has 0 saturated carbocycles. The minimum Gasteiger partial charge on any atom is -0.324 e. The summed E-state index contributed by atoms with van der Waals surface area (Å²) in [6.45, 7) is 3.93. The number of rotatable bonds is 4. The Labute approximate surface area is 126 Å². The number of hydrogen-bond donors (Lipinski definition) is 1. The van der Waals surface area contributed by atoms with E-state index >= 15 is 0 Å². The fourth-order valence-corrected chi connectivity index (χ4v) is 2.75. The molecule has 1 aromatic heterocycles. The Morgan fingerprint density at radius 3 is 2.58 bits per heavy atom. The highest BCUT2D eigenvalue weighted by atomic mass is 79.9. The van der Waals surface area contributed by atoms with Gasteiger partial charge in [0.15, 0.2) is 0 Å². The van der Waals surface area contributed by atoms with Crippen molar-refractivity contribution in [2.45, 2.75) is 30.5 Å². The van der Waals surface area contributed by atoms with Gasteiger partial charge in [-0.25, -0.2) is 9.97 Å². The van der Waals surface area contributed by atoms with Crippen LogP contribution < -0.4 is 5.73 Å². The highest BCUT2D eigenvalue weighted by Crippen LogP contribution is 2.23. The van der Waals surface area contributed by atoms with Crippen LogP contribution in [0.15, 0.2) is 39.8 Å². The van der Waals surface area contributed by atoms with Gasteiger partial charge in [0, 0.05) is 32.9 Å². The zero-order valence-electron chi connectivity index (χ0n) is 10.9. The SMILES string of the molecule is Cc1nc(CSc2ccc(Br)cc2)ncc1C(C)N. The largest absolute Gasteiger partial charge is 0.324 e. The molecule has 0 aliphatic heterocycles. The van der Waals surface area contributed by atoms with Crippen molar-refractivity contribution in [1.82, 2.24) is 9.97 Å². The topological polar surface area (TPSA) is 51.8 Å². The molecule has 0 amide bonds. The van der Waals surface area contributed by atoms with E-state index in [1.807, 2.05) is 32.2 Å². The average Bonchev–Trinajstić information content (AvgIpc) is 2.37. The number of thioether (sulfide) groups is 1. The van der Waals surface area contributed by atoms with E-state index in [9.17, 15) is 0 Å². The van der Waals surface area contributed by atoms with Crippen LogP contribution in [0.2, 0.25) is 0 Å². The van der Waals surface area contributed by atoms with Crippen molar-refractivity contribution < 1.29 is 0 Å². The van der Waals surface area contributed by atoms with Crippen molar-refractivity contribution in [1.29, 1.82) is 0 Å². The molecule has 1 unspecified atom stereocenters. The third-order valence-corrected chi connectivity index (χ3v) is 4.28. The minimum absolute atomic E-state index is 0.0202. The van der Waals surface area contributed by atoms with Crippen molar-refractivity contribution in [2.75, 3.05) is 0 Å². The molecule has 1 atom stereocenters. The zero-order chi connectivity index (χ0) is 13.8. The lowest BCUT2D eigenvalue weighted by atomic mass is 10.1. The van der Waals surface area contributed by atoms with Crippen molar-refractivity contribution in [3.63, 3.8) is 0 Å². The van der Waals surface area contributed by atoms with Gasteiger partial charge in [-0.3, -0.25) is 0 Å². The molecular formula is C14H16BrN3S. The van der Waals surface area contributed by atoms with Crippen LogP contribution in [0, 0.1) is 6.92 Å². The first-order chi connectivity index (χ1) is 9.06. The van der Waals surface area contributed by atoms with Gasteiger partial charge in [-0.1, -0.05) is 15.9 Å². The van der Waals surface area contributed by atoms with Crippen LogP contribution in [0.4, 0.5) is 0 Å². The zero-order valence-corrected chi connectivity index (χ0v) is 13.3. The molecule has 0 aliphatic rings. The fourth-order valence-electron chi connectivity index (χ4n) is 1.72. The van der Waals surface area contributed by atoms with Gasteiger partial charge in [-0.05, 0) is 38.1 Å². The van der Waals surface area contributed by atoms with Crippen LogP contribution in [-0.2, 0) is 5.75 Å². The van der Waals surface area contributed by atoms with Crippen LogP contribution in [0.3, 0.4) is 0 Å². The highest BCUT2D eigenvalue weighted by molar-refractivity contribution is 9.10. The van der Waals surface area contributed by atoms with Crippen molar-refractivity contribution >= 4 is 27.7 Å². The Morgan fingerprint density at radius 1 is 1.32 bits per heavy atom. The summed E-state index contributed by atoms with van der Waals surface area (Å²) in [4.78, 5) is 10.1. The molecule has 5 heteroatoms. The maximum absolute atomic E-state index is 5.85. The molecule has 3 nitrogen and oxygen atoms in total. The summed E-state index contributed by atoms with van der Waals surface area (Å²) in [6.07, 6.45) is 1.84. The Balaban J connectivity index is 2.04. The molecule has 0 radical (unpaired) electrons. The van der Waals surface area contributed by atoms with Crippen molar-refractivity contribution in [2.24, 2.45) is 5.73 Å². The van der Waals surface area contributed by atoms with Gasteiger partial charge in [0.25, 0.3) is 0 Å². The first-order valence-electron chi connectivity index (χ1n) is 6.02. The first kappa shape index (κ1) is 14.5. The molecule has 19 heavy (non-hydrogen) atoms. The van der Waals surface area contributed by atoms with E-state index in [1.54, 1.807) is 11.8 Å². The highest BCUT2D eigenvalue weighted by Gasteiger charge is 2.07. The first-order valence-corrected chi connectivity index (χ1v) is 7.80. The molecule has 100 valence electrons. The number of hydrogen-bond acceptors (Lipinski definition) is 4. The van der Waals surface area contributed by atoms with Gasteiger partial charge in [-0.2, -0.15) is 0 Å². The Bertz CT molecular complexity index is 555. The predicted molar refractivity (Wildman–Crippen MR) is 83.1 cm³/mol. The van der Waals surface area contributed by atoms with E-state index in [2.05, 4.69) is 38.0 Å². The number of nitrogens with two attached hydrogens (primary N) is 1. The van der Waals surface area contributed by atoms with Gasteiger partial charge in [0.2, 0.25) is 0 Å². The number of benzene rings is 1. The molecular weight excluding hydrogens is 322 g/mol. The lowest BCUT2D eigenvalue weighted by Gasteiger charge is -2.09. The summed E-state index contributed by atoms with van der Waals surface area (Å²) in [5, 5.41) is 0. The van der Waals surface area contributed by atoms with Crippen LogP contribution in [0.25, 0.3) is 0 Å². The minimum atomic E-state index is -0.0202. The molecule has 1 heterocycles. The summed E-state index contributed by atoms with van der Waals surface area (Å²) < 4.78 is 1.09. The number of aryl methyl sites for hydroxylation is 1. The quantitative estimate of drug-likeness (QED) is 0.860. The molecule has 0 aliphatic carbocycles. The monoisotopic (exact) mass is 337 g/mol. The predicted octanol–water partition coefficient (Wildman–Crippen LogP) is 3.86. The molecule has 0 bridgehead atoms. The van der Waals surface area contributed by atoms with Crippen LogP contribution in [0.5, 0.6) is 0 Å². The van der Waals surface area contributed by atoms with E-state index in [1.165, 1.54) is 4.90 Å². The average molecular weight is 338 g/mol. The number of halogens is 1. The lowest BCUT2D eigenvalue weighted by Crippen LogP contribution is -2.10. The number of aromatic nitrogens is 2. The molecule has 1 aromatic carbocycles. The standard InChI is InChI=1S/C14H16BrN3S/c1-9(16)13-7-17-14(18-10(13)2)8-19-12-5-3-11(15)4-6-12/h3-7,9H,8,16H2,1-2H3. The second-order valence-electron chi connectivity index (χ2n) is 4.36. The third-order valence-electron chi connectivity index (χ3n) is 2.74. The molecule has 0 fully saturated rings. The molecule has 0 saturated heterocycles. The summed E-state index contributed by atoms with van der Waals surface area (Å²) in [6, 6.07) is 8.21. The molecule has 2 rings (SSSR count). The van der Waals surface area contributed by atoms with Gasteiger partial charge >= 0.3 is 0 Å².